The molecule has 0 spiro atoms. The standard InChI is InChI=1S/C20H25N3O2/c1-25-19-8-3-2-7-18(19)23-13-11-22(12-14-23)17-6-4-5-16(15-17)9-10-20(21)24/h2-8,15H,9-14H2,1H3,(H2,21,24). The molecule has 2 N–H and O–H groups in total. The number of hydrogen-bond donors (Lipinski definition) is 1. The molecule has 1 heterocycles. The van der Waals surface area contributed by atoms with Crippen LogP contribution in [0.5, 0.6) is 5.75 Å². The molecule has 0 unspecified atom stereocenters. The predicted octanol–water partition coefficient (Wildman–Crippen LogP) is 2.44. The largest absolute Gasteiger partial charge is 0.495 e. The lowest BCUT2D eigenvalue weighted by Gasteiger charge is -2.38. The number of carbonyl (C=O) groups excluding carboxylic acids is 1. The van der Waals surface area contributed by atoms with Crippen molar-refractivity contribution >= 4 is 17.3 Å². The lowest BCUT2D eigenvalue weighted by atomic mass is 10.1. The van der Waals surface area contributed by atoms with Crippen LogP contribution in [0.3, 0.4) is 0 Å². The van der Waals surface area contributed by atoms with Crippen LogP contribution in [0.1, 0.15) is 12.0 Å². The van der Waals surface area contributed by atoms with Crippen LogP contribution >= 0.6 is 0 Å². The zero-order valence-electron chi connectivity index (χ0n) is 14.6. The molecule has 0 saturated carbocycles. The first kappa shape index (κ1) is 17.1. The van der Waals surface area contributed by atoms with E-state index in [1.165, 1.54) is 5.69 Å². The van der Waals surface area contributed by atoms with Gasteiger partial charge in [-0.05, 0) is 36.2 Å². The van der Waals surface area contributed by atoms with Crippen LogP contribution < -0.4 is 20.3 Å². The first-order valence-electron chi connectivity index (χ1n) is 8.67. The summed E-state index contributed by atoms with van der Waals surface area (Å²) in [7, 11) is 1.71. The van der Waals surface area contributed by atoms with Crippen LogP contribution in [0, 0.1) is 0 Å². The van der Waals surface area contributed by atoms with Gasteiger partial charge in [0.1, 0.15) is 5.75 Å². The fourth-order valence-electron chi connectivity index (χ4n) is 3.27. The number of nitrogens with zero attached hydrogens (tertiary/aromatic N) is 2. The Labute approximate surface area is 149 Å². The van der Waals surface area contributed by atoms with Gasteiger partial charge in [0, 0.05) is 38.3 Å². The maximum Gasteiger partial charge on any atom is 0.217 e. The van der Waals surface area contributed by atoms with E-state index in [4.69, 9.17) is 10.5 Å². The summed E-state index contributed by atoms with van der Waals surface area (Å²) in [4.78, 5) is 15.7. The molecule has 1 aliphatic heterocycles. The number of rotatable bonds is 6. The highest BCUT2D eigenvalue weighted by Gasteiger charge is 2.19. The van der Waals surface area contributed by atoms with E-state index in [0.717, 1.165) is 43.2 Å². The molecule has 5 nitrogen and oxygen atoms in total. The Morgan fingerprint density at radius 2 is 1.76 bits per heavy atom. The Bertz CT molecular complexity index is 724. The van der Waals surface area contributed by atoms with Gasteiger partial charge >= 0.3 is 0 Å². The van der Waals surface area contributed by atoms with E-state index in [9.17, 15) is 4.79 Å². The van der Waals surface area contributed by atoms with Crippen LogP contribution in [-0.2, 0) is 11.2 Å². The van der Waals surface area contributed by atoms with E-state index in [2.05, 4.69) is 40.1 Å². The number of para-hydroxylation sites is 2. The molecule has 1 aliphatic rings. The summed E-state index contributed by atoms with van der Waals surface area (Å²) in [5, 5.41) is 0. The highest BCUT2D eigenvalue weighted by molar-refractivity contribution is 5.74. The van der Waals surface area contributed by atoms with E-state index in [0.29, 0.717) is 12.8 Å². The van der Waals surface area contributed by atoms with Crippen LogP contribution in [0.25, 0.3) is 0 Å². The number of methoxy groups -OCH3 is 1. The van der Waals surface area contributed by atoms with Crippen molar-refractivity contribution in [3.8, 4) is 5.75 Å². The van der Waals surface area contributed by atoms with Crippen molar-refractivity contribution in [3.63, 3.8) is 0 Å². The third-order valence-electron chi connectivity index (χ3n) is 4.64. The first-order valence-corrected chi connectivity index (χ1v) is 8.67. The second kappa shape index (κ2) is 7.92. The Balaban J connectivity index is 1.64. The Kier molecular flexibility index (Phi) is 5.43. The van der Waals surface area contributed by atoms with Crippen LogP contribution in [0.2, 0.25) is 0 Å². The van der Waals surface area contributed by atoms with Crippen LogP contribution in [0.15, 0.2) is 48.5 Å². The van der Waals surface area contributed by atoms with Crippen LogP contribution in [0.4, 0.5) is 11.4 Å². The Hall–Kier alpha value is -2.69. The van der Waals surface area contributed by atoms with Crippen molar-refractivity contribution in [2.75, 3.05) is 43.1 Å². The minimum Gasteiger partial charge on any atom is -0.495 e. The minimum atomic E-state index is -0.254. The van der Waals surface area contributed by atoms with Crippen molar-refractivity contribution in [2.24, 2.45) is 5.73 Å². The molecule has 1 amide bonds. The summed E-state index contributed by atoms with van der Waals surface area (Å²) < 4.78 is 5.48. The Morgan fingerprint density at radius 3 is 2.48 bits per heavy atom. The molecule has 3 rings (SSSR count). The number of primary amides is 1. The van der Waals surface area contributed by atoms with E-state index >= 15 is 0 Å². The highest BCUT2D eigenvalue weighted by Crippen LogP contribution is 2.29. The van der Waals surface area contributed by atoms with E-state index in [1.807, 2.05) is 18.2 Å². The maximum absolute atomic E-state index is 11.0. The molecular formula is C20H25N3O2. The summed E-state index contributed by atoms with van der Waals surface area (Å²) in [6.45, 7) is 3.81. The third-order valence-corrected chi connectivity index (χ3v) is 4.64. The third kappa shape index (κ3) is 4.24. The maximum atomic E-state index is 11.0. The lowest BCUT2D eigenvalue weighted by molar-refractivity contribution is -0.117. The molecule has 25 heavy (non-hydrogen) atoms. The number of amides is 1. The van der Waals surface area contributed by atoms with Crippen molar-refractivity contribution in [3.05, 3.63) is 54.1 Å². The molecule has 5 heteroatoms. The fourth-order valence-corrected chi connectivity index (χ4v) is 3.27. The number of aryl methyl sites for hydroxylation is 1. The van der Waals surface area contributed by atoms with Gasteiger partial charge in [0.2, 0.25) is 5.91 Å². The smallest absolute Gasteiger partial charge is 0.217 e. The second-order valence-corrected chi connectivity index (χ2v) is 6.28. The predicted molar refractivity (Wildman–Crippen MR) is 101 cm³/mol. The monoisotopic (exact) mass is 339 g/mol. The molecule has 0 aliphatic carbocycles. The Morgan fingerprint density at radius 1 is 1.04 bits per heavy atom. The molecule has 0 atom stereocenters. The molecule has 1 saturated heterocycles. The van der Waals surface area contributed by atoms with Crippen molar-refractivity contribution in [1.82, 2.24) is 0 Å². The molecule has 2 aromatic rings. The molecule has 1 fully saturated rings. The van der Waals surface area contributed by atoms with Gasteiger partial charge in [0.15, 0.2) is 0 Å². The quantitative estimate of drug-likeness (QED) is 0.878. The van der Waals surface area contributed by atoms with Gasteiger partial charge in [-0.3, -0.25) is 4.79 Å². The van der Waals surface area contributed by atoms with Crippen molar-refractivity contribution in [1.29, 1.82) is 0 Å². The highest BCUT2D eigenvalue weighted by atomic mass is 16.5. The average molecular weight is 339 g/mol. The number of anilines is 2. The summed E-state index contributed by atoms with van der Waals surface area (Å²) in [5.74, 6) is 0.667. The molecule has 2 aromatic carbocycles. The van der Waals surface area contributed by atoms with Crippen LogP contribution in [-0.4, -0.2) is 39.2 Å². The van der Waals surface area contributed by atoms with Gasteiger partial charge in [-0.15, -0.1) is 0 Å². The summed E-state index contributed by atoms with van der Waals surface area (Å²) in [5.41, 5.74) is 8.77. The molecular weight excluding hydrogens is 314 g/mol. The summed E-state index contributed by atoms with van der Waals surface area (Å²) in [6, 6.07) is 16.6. The van der Waals surface area contributed by atoms with Gasteiger partial charge in [-0.2, -0.15) is 0 Å². The van der Waals surface area contributed by atoms with Gasteiger partial charge in [0.05, 0.1) is 12.8 Å². The second-order valence-electron chi connectivity index (χ2n) is 6.28. The number of ether oxygens (including phenoxy) is 1. The van der Waals surface area contributed by atoms with E-state index < -0.39 is 0 Å². The fraction of sp³-hybridized carbons (Fsp3) is 0.350. The van der Waals surface area contributed by atoms with Crippen molar-refractivity contribution < 1.29 is 9.53 Å². The van der Waals surface area contributed by atoms with Gasteiger partial charge in [0.25, 0.3) is 0 Å². The number of nitrogens with two attached hydrogens (primary N) is 1. The average Bonchev–Trinajstić information content (AvgIpc) is 2.66. The van der Waals surface area contributed by atoms with Gasteiger partial charge < -0.3 is 20.3 Å². The number of hydrogen-bond acceptors (Lipinski definition) is 4. The van der Waals surface area contributed by atoms with Gasteiger partial charge in [-0.1, -0.05) is 24.3 Å². The summed E-state index contributed by atoms with van der Waals surface area (Å²) >= 11 is 0. The topological polar surface area (TPSA) is 58.8 Å². The van der Waals surface area contributed by atoms with E-state index in [-0.39, 0.29) is 5.91 Å². The molecule has 132 valence electrons. The van der Waals surface area contributed by atoms with Crippen molar-refractivity contribution in [2.45, 2.75) is 12.8 Å². The van der Waals surface area contributed by atoms with E-state index in [1.54, 1.807) is 7.11 Å². The van der Waals surface area contributed by atoms with Gasteiger partial charge in [-0.25, -0.2) is 0 Å². The number of piperazine rings is 1. The molecule has 0 radical (unpaired) electrons. The summed E-state index contributed by atoms with van der Waals surface area (Å²) in [6.07, 6.45) is 1.09. The SMILES string of the molecule is COc1ccccc1N1CCN(c2cccc(CCC(N)=O)c2)CC1. The molecule has 0 aromatic heterocycles. The minimum absolute atomic E-state index is 0.254. The molecule has 0 bridgehead atoms. The number of carbonyl (C=O) groups is 1. The normalized spacial score (nSPS) is 14.4. The number of benzene rings is 2. The zero-order chi connectivity index (χ0) is 17.6. The lowest BCUT2D eigenvalue weighted by Crippen LogP contribution is -2.46. The first-order chi connectivity index (χ1) is 12.2. The zero-order valence-corrected chi connectivity index (χ0v) is 14.6.